The lowest BCUT2D eigenvalue weighted by Crippen LogP contribution is -2.43. The number of aryl methyl sites for hydroxylation is 1. The minimum absolute atomic E-state index is 0.102. The molecule has 0 aromatic heterocycles. The van der Waals surface area contributed by atoms with Crippen LogP contribution in [0.2, 0.25) is 0 Å². The number of benzene rings is 3. The highest BCUT2D eigenvalue weighted by Gasteiger charge is 2.32. The molecule has 0 unspecified atom stereocenters. The fourth-order valence-electron chi connectivity index (χ4n) is 4.87. The molecule has 0 bridgehead atoms. The van der Waals surface area contributed by atoms with E-state index < -0.39 is 29.7 Å². The molecular formula is C31H33NO6. The van der Waals surface area contributed by atoms with Crippen LogP contribution in [0.25, 0.3) is 11.1 Å². The summed E-state index contributed by atoms with van der Waals surface area (Å²) in [5.41, 5.74) is 4.78. The number of likely N-dealkylation sites (N-methyl/N-ethyl adjacent to an activating group) is 1. The molecule has 0 spiro atoms. The number of hydrogen-bond acceptors (Lipinski definition) is 5. The Hall–Kier alpha value is -4.13. The summed E-state index contributed by atoms with van der Waals surface area (Å²) in [5, 5.41) is 9.90. The monoisotopic (exact) mass is 515 g/mol. The molecule has 3 aromatic rings. The predicted octanol–water partition coefficient (Wildman–Crippen LogP) is 5.91. The second-order valence-corrected chi connectivity index (χ2v) is 10.5. The number of hydrogen-bond donors (Lipinski definition) is 1. The SMILES string of the molecule is CN(C(=O)OCC1c2ccccc2-c2ccccc21)[C@H](CCc1ccccc1C(=O)OC(C)(C)C)C(=O)O. The molecule has 0 heterocycles. The zero-order chi connectivity index (χ0) is 27.4. The van der Waals surface area contributed by atoms with Gasteiger partial charge in [-0.25, -0.2) is 14.4 Å². The number of carboxylic acid groups (broad SMARTS) is 1. The molecule has 0 fully saturated rings. The first-order valence-corrected chi connectivity index (χ1v) is 12.7. The lowest BCUT2D eigenvalue weighted by atomic mass is 9.98. The van der Waals surface area contributed by atoms with E-state index in [0.29, 0.717) is 11.1 Å². The summed E-state index contributed by atoms with van der Waals surface area (Å²) >= 11 is 0. The molecule has 1 aliphatic carbocycles. The Balaban J connectivity index is 1.43. The van der Waals surface area contributed by atoms with Gasteiger partial charge in [0, 0.05) is 13.0 Å². The normalized spacial score (nSPS) is 13.3. The summed E-state index contributed by atoms with van der Waals surface area (Å²) in [6.07, 6.45) is -0.330. The number of carbonyl (C=O) groups excluding carboxylic acids is 2. The van der Waals surface area contributed by atoms with Crippen molar-refractivity contribution in [1.82, 2.24) is 4.90 Å². The number of nitrogens with zero attached hydrogens (tertiary/aromatic N) is 1. The van der Waals surface area contributed by atoms with Gasteiger partial charge >= 0.3 is 18.0 Å². The molecule has 7 nitrogen and oxygen atoms in total. The molecular weight excluding hydrogens is 482 g/mol. The number of fused-ring (bicyclic) bond motifs is 3. The van der Waals surface area contributed by atoms with E-state index in [0.717, 1.165) is 27.2 Å². The highest BCUT2D eigenvalue weighted by molar-refractivity contribution is 5.91. The van der Waals surface area contributed by atoms with Gasteiger partial charge in [0.2, 0.25) is 0 Å². The number of carbonyl (C=O) groups is 3. The smallest absolute Gasteiger partial charge is 0.410 e. The molecule has 1 aliphatic rings. The average Bonchev–Trinajstić information content (AvgIpc) is 3.20. The Morgan fingerprint density at radius 3 is 2.03 bits per heavy atom. The first-order chi connectivity index (χ1) is 18.1. The van der Waals surface area contributed by atoms with Crippen molar-refractivity contribution in [1.29, 1.82) is 0 Å². The molecule has 1 amide bonds. The van der Waals surface area contributed by atoms with Gasteiger partial charge in [-0.2, -0.15) is 0 Å². The lowest BCUT2D eigenvalue weighted by Gasteiger charge is -2.25. The quantitative estimate of drug-likeness (QED) is 0.375. The zero-order valence-electron chi connectivity index (χ0n) is 22.1. The van der Waals surface area contributed by atoms with Crippen LogP contribution in [0.15, 0.2) is 72.8 Å². The number of amides is 1. The van der Waals surface area contributed by atoms with E-state index in [1.54, 1.807) is 45.0 Å². The van der Waals surface area contributed by atoms with Gasteiger partial charge in [-0.3, -0.25) is 4.90 Å². The number of ether oxygens (including phenoxy) is 2. The standard InChI is InChI=1S/C31H33NO6/c1-31(2,3)38-29(35)21-12-6-5-11-20(21)17-18-27(28(33)34)32(4)30(36)37-19-26-24-15-9-7-13-22(24)23-14-8-10-16-25(23)26/h5-16,26-27H,17-19H2,1-4H3,(H,33,34)/t27-/m1/s1. The summed E-state index contributed by atoms with van der Waals surface area (Å²) < 4.78 is 11.1. The molecule has 0 aliphatic heterocycles. The van der Waals surface area contributed by atoms with Gasteiger partial charge in [-0.1, -0.05) is 66.7 Å². The Morgan fingerprint density at radius 1 is 0.895 bits per heavy atom. The van der Waals surface area contributed by atoms with Crippen LogP contribution in [0.1, 0.15) is 60.2 Å². The molecule has 3 aromatic carbocycles. The topological polar surface area (TPSA) is 93.1 Å². The summed E-state index contributed by atoms with van der Waals surface area (Å²) in [5.74, 6) is -1.73. The Labute approximate surface area is 223 Å². The molecule has 7 heteroatoms. The highest BCUT2D eigenvalue weighted by Crippen LogP contribution is 2.44. The van der Waals surface area contributed by atoms with Crippen molar-refractivity contribution >= 4 is 18.0 Å². The Bertz CT molecular complexity index is 1300. The Morgan fingerprint density at radius 2 is 1.45 bits per heavy atom. The van der Waals surface area contributed by atoms with Crippen LogP contribution in [0, 0.1) is 0 Å². The lowest BCUT2D eigenvalue weighted by molar-refractivity contribution is -0.142. The molecule has 4 rings (SSSR count). The zero-order valence-corrected chi connectivity index (χ0v) is 22.1. The molecule has 0 radical (unpaired) electrons. The summed E-state index contributed by atoms with van der Waals surface area (Å²) in [6, 6.07) is 21.9. The van der Waals surface area contributed by atoms with Gasteiger partial charge < -0.3 is 14.6 Å². The van der Waals surface area contributed by atoms with Crippen molar-refractivity contribution in [3.8, 4) is 11.1 Å². The van der Waals surface area contributed by atoms with E-state index in [1.165, 1.54) is 7.05 Å². The Kier molecular flexibility index (Phi) is 7.86. The fraction of sp³-hybridized carbons (Fsp3) is 0.323. The van der Waals surface area contributed by atoms with Gasteiger partial charge in [0.05, 0.1) is 5.56 Å². The third-order valence-electron chi connectivity index (χ3n) is 6.70. The maximum Gasteiger partial charge on any atom is 0.410 e. The summed E-state index contributed by atoms with van der Waals surface area (Å²) in [6.45, 7) is 5.47. The second kappa shape index (κ2) is 11.1. The van der Waals surface area contributed by atoms with E-state index in [2.05, 4.69) is 12.1 Å². The van der Waals surface area contributed by atoms with Gasteiger partial charge in [0.25, 0.3) is 0 Å². The number of rotatable bonds is 8. The average molecular weight is 516 g/mol. The van der Waals surface area contributed by atoms with Crippen LogP contribution < -0.4 is 0 Å². The number of aliphatic carboxylic acids is 1. The highest BCUT2D eigenvalue weighted by atomic mass is 16.6. The van der Waals surface area contributed by atoms with Crippen LogP contribution in [0.4, 0.5) is 4.79 Å². The molecule has 0 saturated heterocycles. The van der Waals surface area contributed by atoms with Crippen LogP contribution in [-0.4, -0.2) is 53.3 Å². The minimum Gasteiger partial charge on any atom is -0.480 e. The van der Waals surface area contributed by atoms with Crippen molar-refractivity contribution in [2.24, 2.45) is 0 Å². The van der Waals surface area contributed by atoms with Gasteiger partial charge in [0.15, 0.2) is 0 Å². The molecule has 0 saturated carbocycles. The first-order valence-electron chi connectivity index (χ1n) is 12.7. The summed E-state index contributed by atoms with van der Waals surface area (Å²) in [7, 11) is 1.43. The number of carboxylic acids is 1. The van der Waals surface area contributed by atoms with Crippen molar-refractivity contribution in [3.63, 3.8) is 0 Å². The molecule has 1 atom stereocenters. The molecule has 198 valence electrons. The fourth-order valence-corrected chi connectivity index (χ4v) is 4.87. The van der Waals surface area contributed by atoms with E-state index in [-0.39, 0.29) is 25.4 Å². The first kappa shape index (κ1) is 26.9. The third kappa shape index (κ3) is 5.88. The predicted molar refractivity (Wildman–Crippen MR) is 144 cm³/mol. The maximum atomic E-state index is 13.0. The van der Waals surface area contributed by atoms with Gasteiger partial charge in [-0.15, -0.1) is 0 Å². The van der Waals surface area contributed by atoms with E-state index in [1.807, 2.05) is 36.4 Å². The van der Waals surface area contributed by atoms with Crippen molar-refractivity contribution in [2.75, 3.05) is 13.7 Å². The van der Waals surface area contributed by atoms with E-state index >= 15 is 0 Å². The second-order valence-electron chi connectivity index (χ2n) is 10.5. The number of esters is 1. The largest absolute Gasteiger partial charge is 0.480 e. The minimum atomic E-state index is -1.14. The van der Waals surface area contributed by atoms with Crippen molar-refractivity contribution in [2.45, 2.75) is 51.2 Å². The van der Waals surface area contributed by atoms with Gasteiger partial charge in [-0.05, 0) is 67.5 Å². The van der Waals surface area contributed by atoms with Crippen LogP contribution in [-0.2, 0) is 20.7 Å². The molecule has 38 heavy (non-hydrogen) atoms. The van der Waals surface area contributed by atoms with Crippen molar-refractivity contribution in [3.05, 3.63) is 95.1 Å². The third-order valence-corrected chi connectivity index (χ3v) is 6.70. The van der Waals surface area contributed by atoms with Crippen LogP contribution in [0.5, 0.6) is 0 Å². The van der Waals surface area contributed by atoms with Gasteiger partial charge in [0.1, 0.15) is 18.2 Å². The molecule has 1 N–H and O–H groups in total. The summed E-state index contributed by atoms with van der Waals surface area (Å²) in [4.78, 5) is 38.9. The maximum absolute atomic E-state index is 13.0. The van der Waals surface area contributed by atoms with Crippen molar-refractivity contribution < 1.29 is 29.0 Å². The van der Waals surface area contributed by atoms with Crippen LogP contribution >= 0.6 is 0 Å². The van der Waals surface area contributed by atoms with E-state index in [9.17, 15) is 19.5 Å². The van der Waals surface area contributed by atoms with E-state index in [4.69, 9.17) is 9.47 Å². The van der Waals surface area contributed by atoms with Crippen LogP contribution in [0.3, 0.4) is 0 Å².